The number of hydrogen-bond acceptors (Lipinski definition) is 3. The highest BCUT2D eigenvalue weighted by Crippen LogP contribution is 2.35. The number of aliphatic hydroxyl groups is 1. The number of piperidine rings is 1. The Labute approximate surface area is 185 Å². The molecule has 2 unspecified atom stereocenters. The lowest BCUT2D eigenvalue weighted by Crippen LogP contribution is -2.53. The fourth-order valence-corrected chi connectivity index (χ4v) is 4.56. The van der Waals surface area contributed by atoms with E-state index in [0.29, 0.717) is 13.0 Å². The van der Waals surface area contributed by atoms with Crippen molar-refractivity contribution in [2.75, 3.05) is 16.8 Å². The monoisotopic (exact) mass is 445 g/mol. The number of nitrogens with one attached hydrogen (secondary N) is 2. The number of carbonyl (C=O) groups excluding carboxylic acids is 2. The number of amides is 3. The van der Waals surface area contributed by atoms with Gasteiger partial charge in [-0.15, -0.1) is 0 Å². The summed E-state index contributed by atoms with van der Waals surface area (Å²) >= 11 is 5.73. The van der Waals surface area contributed by atoms with E-state index in [1.54, 1.807) is 4.90 Å². The summed E-state index contributed by atoms with van der Waals surface area (Å²) in [5.41, 5.74) is 1.83. The molecule has 3 N–H and O–H groups in total. The lowest BCUT2D eigenvalue weighted by atomic mass is 9.95. The van der Waals surface area contributed by atoms with Crippen LogP contribution in [-0.2, 0) is 4.79 Å². The zero-order valence-corrected chi connectivity index (χ0v) is 17.7. The Bertz CT molecular complexity index is 969. The Hall–Kier alpha value is -2.64. The van der Waals surface area contributed by atoms with E-state index >= 15 is 0 Å². The van der Waals surface area contributed by atoms with Gasteiger partial charge in [-0.25, -0.2) is 9.18 Å². The molecule has 3 atom stereocenters. The summed E-state index contributed by atoms with van der Waals surface area (Å²) in [5, 5.41) is 15.4. The van der Waals surface area contributed by atoms with Crippen molar-refractivity contribution in [3.05, 3.63) is 58.9 Å². The predicted molar refractivity (Wildman–Crippen MR) is 118 cm³/mol. The quantitative estimate of drug-likeness (QED) is 0.651. The average molecular weight is 446 g/mol. The fraction of sp³-hybridized carbons (Fsp3) is 0.391. The van der Waals surface area contributed by atoms with E-state index in [-0.39, 0.29) is 28.6 Å². The predicted octanol–water partition coefficient (Wildman–Crippen LogP) is 4.42. The third-order valence-corrected chi connectivity index (χ3v) is 6.27. The minimum absolute atomic E-state index is 0.00768. The minimum atomic E-state index is -0.694. The molecule has 2 aliphatic rings. The van der Waals surface area contributed by atoms with E-state index in [1.807, 2.05) is 24.3 Å². The molecular formula is C23H25ClFN3O3. The minimum Gasteiger partial charge on any atom is -0.392 e. The number of benzene rings is 2. The van der Waals surface area contributed by atoms with Crippen molar-refractivity contribution < 1.29 is 19.1 Å². The number of halogens is 2. The molecule has 0 radical (unpaired) electrons. The van der Waals surface area contributed by atoms with Crippen LogP contribution < -0.4 is 15.5 Å². The van der Waals surface area contributed by atoms with Gasteiger partial charge in [0, 0.05) is 23.2 Å². The maximum atomic E-state index is 13.9. The third-order valence-electron chi connectivity index (χ3n) is 6.04. The zero-order chi connectivity index (χ0) is 22.0. The number of rotatable bonds is 4. The number of carbonyl (C=O) groups is 2. The van der Waals surface area contributed by atoms with Gasteiger partial charge in [-0.1, -0.05) is 30.2 Å². The number of anilines is 2. The van der Waals surface area contributed by atoms with Crippen LogP contribution in [0.25, 0.3) is 0 Å². The molecule has 3 amide bonds. The maximum absolute atomic E-state index is 13.9. The summed E-state index contributed by atoms with van der Waals surface area (Å²) < 4.78 is 13.9. The summed E-state index contributed by atoms with van der Waals surface area (Å²) in [4.78, 5) is 26.9. The van der Waals surface area contributed by atoms with Gasteiger partial charge in [-0.2, -0.15) is 0 Å². The Morgan fingerprint density at radius 2 is 1.87 bits per heavy atom. The summed E-state index contributed by atoms with van der Waals surface area (Å²) in [6.45, 7) is 0.565. The average Bonchev–Trinajstić information content (AvgIpc) is 3.18. The molecule has 1 aliphatic carbocycles. The lowest BCUT2D eigenvalue weighted by molar-refractivity contribution is -0.121. The van der Waals surface area contributed by atoms with Crippen molar-refractivity contribution in [1.82, 2.24) is 5.32 Å². The van der Waals surface area contributed by atoms with Crippen LogP contribution in [-0.4, -0.2) is 35.7 Å². The Balaban J connectivity index is 1.40. The number of hydrogen-bond donors (Lipinski definition) is 3. The van der Waals surface area contributed by atoms with Crippen molar-refractivity contribution in [2.24, 2.45) is 0 Å². The van der Waals surface area contributed by atoms with Gasteiger partial charge in [-0.05, 0) is 61.6 Å². The summed E-state index contributed by atoms with van der Waals surface area (Å²) in [5.74, 6) is -0.698. The number of nitrogens with zero attached hydrogens (tertiary/aromatic N) is 1. The molecule has 2 fully saturated rings. The highest BCUT2D eigenvalue weighted by atomic mass is 35.5. The van der Waals surface area contributed by atoms with Crippen LogP contribution in [0, 0.1) is 5.82 Å². The highest BCUT2D eigenvalue weighted by Gasteiger charge is 2.31. The molecule has 1 saturated heterocycles. The van der Waals surface area contributed by atoms with Crippen LogP contribution in [0.1, 0.15) is 43.6 Å². The van der Waals surface area contributed by atoms with E-state index in [2.05, 4.69) is 10.6 Å². The zero-order valence-electron chi connectivity index (χ0n) is 17.0. The molecule has 1 heterocycles. The van der Waals surface area contributed by atoms with Gasteiger partial charge in [0.25, 0.3) is 0 Å². The molecule has 0 aromatic heterocycles. The second-order valence-corrected chi connectivity index (χ2v) is 8.54. The van der Waals surface area contributed by atoms with Gasteiger partial charge in [0.15, 0.2) is 0 Å². The van der Waals surface area contributed by atoms with Crippen molar-refractivity contribution in [3.8, 4) is 0 Å². The van der Waals surface area contributed by atoms with E-state index in [4.69, 9.17) is 11.6 Å². The first-order valence-corrected chi connectivity index (χ1v) is 10.9. The molecule has 0 spiro atoms. The van der Waals surface area contributed by atoms with Gasteiger partial charge in [0.1, 0.15) is 11.9 Å². The molecule has 8 heteroatoms. The van der Waals surface area contributed by atoms with Crippen LogP contribution in [0.15, 0.2) is 42.5 Å². The van der Waals surface area contributed by atoms with Crippen LogP contribution in [0.4, 0.5) is 20.6 Å². The van der Waals surface area contributed by atoms with Gasteiger partial charge < -0.3 is 20.6 Å². The Kier molecular flexibility index (Phi) is 6.43. The van der Waals surface area contributed by atoms with Crippen molar-refractivity contribution in [2.45, 2.75) is 50.2 Å². The Morgan fingerprint density at radius 1 is 1.10 bits per heavy atom. The third kappa shape index (κ3) is 4.83. The molecule has 164 valence electrons. The van der Waals surface area contributed by atoms with Crippen LogP contribution in [0.3, 0.4) is 0 Å². The van der Waals surface area contributed by atoms with Crippen LogP contribution >= 0.6 is 11.6 Å². The van der Waals surface area contributed by atoms with E-state index in [1.165, 1.54) is 12.1 Å². The largest absolute Gasteiger partial charge is 0.392 e. The lowest BCUT2D eigenvalue weighted by Gasteiger charge is -2.33. The molecule has 31 heavy (non-hydrogen) atoms. The first-order valence-electron chi connectivity index (χ1n) is 10.5. The second-order valence-electron chi connectivity index (χ2n) is 8.10. The van der Waals surface area contributed by atoms with E-state index in [9.17, 15) is 19.1 Å². The topological polar surface area (TPSA) is 81.7 Å². The molecule has 0 bridgehead atoms. The van der Waals surface area contributed by atoms with Crippen LogP contribution in [0.5, 0.6) is 0 Å². The molecular weight excluding hydrogens is 421 g/mol. The number of urea groups is 1. The second kappa shape index (κ2) is 9.24. The molecule has 2 aromatic carbocycles. The van der Waals surface area contributed by atoms with Crippen molar-refractivity contribution in [3.63, 3.8) is 0 Å². The van der Waals surface area contributed by atoms with E-state index < -0.39 is 17.9 Å². The van der Waals surface area contributed by atoms with Crippen molar-refractivity contribution in [1.29, 1.82) is 0 Å². The molecule has 2 aromatic rings. The fourth-order valence-electron chi connectivity index (χ4n) is 4.40. The highest BCUT2D eigenvalue weighted by molar-refractivity contribution is 6.30. The summed E-state index contributed by atoms with van der Waals surface area (Å²) in [6, 6.07) is 10.3. The summed E-state index contributed by atoms with van der Waals surface area (Å²) in [6.07, 6.45) is 3.76. The SMILES string of the molecule is O=C(Nc1ccc(Cl)cc1F)N[C@@H]1CCCN(c2ccc(C3CCCC3O)cc2)C1=O. The standard InChI is InChI=1S/C23H25ClFN3O3/c24-15-8-11-19(18(25)13-15)26-23(31)27-20-4-2-12-28(22(20)30)16-9-6-14(7-10-16)17-3-1-5-21(17)29/h6-11,13,17,20-21,29H,1-5,12H2,(H2,26,27,31)/t17?,20-,21?/m1/s1. The summed E-state index contributed by atoms with van der Waals surface area (Å²) in [7, 11) is 0. The molecule has 1 saturated carbocycles. The molecule has 6 nitrogen and oxygen atoms in total. The smallest absolute Gasteiger partial charge is 0.319 e. The van der Waals surface area contributed by atoms with Gasteiger partial charge in [-0.3, -0.25) is 4.79 Å². The maximum Gasteiger partial charge on any atom is 0.319 e. The van der Waals surface area contributed by atoms with Crippen LogP contribution in [0.2, 0.25) is 5.02 Å². The normalized spacial score (nSPS) is 23.6. The van der Waals surface area contributed by atoms with E-state index in [0.717, 1.165) is 43.0 Å². The first-order chi connectivity index (χ1) is 14.9. The molecule has 4 rings (SSSR count). The van der Waals surface area contributed by atoms with Gasteiger partial charge in [0.2, 0.25) is 5.91 Å². The van der Waals surface area contributed by atoms with Gasteiger partial charge >= 0.3 is 6.03 Å². The van der Waals surface area contributed by atoms with Gasteiger partial charge in [0.05, 0.1) is 11.8 Å². The first kappa shape index (κ1) is 21.6. The van der Waals surface area contributed by atoms with Crippen molar-refractivity contribution >= 4 is 34.9 Å². The Morgan fingerprint density at radius 3 is 2.55 bits per heavy atom. The molecule has 1 aliphatic heterocycles. The number of aliphatic hydroxyl groups excluding tert-OH is 1.